The van der Waals surface area contributed by atoms with Gasteiger partial charge in [-0.25, -0.2) is 0 Å². The number of morpholine rings is 1. The molecule has 28 heavy (non-hydrogen) atoms. The Morgan fingerprint density at radius 3 is 2.82 bits per heavy atom. The van der Waals surface area contributed by atoms with E-state index in [9.17, 15) is 0 Å². The summed E-state index contributed by atoms with van der Waals surface area (Å²) < 4.78 is 11.3. The van der Waals surface area contributed by atoms with Crippen LogP contribution in [-0.2, 0) is 9.47 Å². The van der Waals surface area contributed by atoms with Crippen molar-refractivity contribution in [2.75, 3.05) is 60.1 Å². The average Bonchev–Trinajstić information content (AvgIpc) is 3.53. The van der Waals surface area contributed by atoms with E-state index in [4.69, 9.17) is 9.47 Å². The Morgan fingerprint density at radius 2 is 2.14 bits per heavy atom. The first-order chi connectivity index (χ1) is 13.6. The monoisotopic (exact) mass is 388 g/mol. The summed E-state index contributed by atoms with van der Waals surface area (Å²) in [7, 11) is 3.64. The van der Waals surface area contributed by atoms with Gasteiger partial charge in [0.05, 0.1) is 19.8 Å². The fraction of sp³-hybridized carbons (Fsp3) is 0.682. The first kappa shape index (κ1) is 21.1. The molecule has 3 rings (SSSR count). The second-order valence-corrected chi connectivity index (χ2v) is 7.90. The lowest BCUT2D eigenvalue weighted by Gasteiger charge is -2.36. The fourth-order valence-corrected chi connectivity index (χ4v) is 3.99. The number of guanidine groups is 1. The van der Waals surface area contributed by atoms with Crippen molar-refractivity contribution in [3.8, 4) is 0 Å². The summed E-state index contributed by atoms with van der Waals surface area (Å²) in [6.45, 7) is 10.5. The lowest BCUT2D eigenvalue weighted by atomic mass is 10.00. The van der Waals surface area contributed by atoms with Gasteiger partial charge >= 0.3 is 0 Å². The van der Waals surface area contributed by atoms with Crippen LogP contribution in [0.3, 0.4) is 0 Å². The second kappa shape index (κ2) is 10.2. The molecule has 1 saturated heterocycles. The summed E-state index contributed by atoms with van der Waals surface area (Å²) in [5, 5.41) is 3.56. The van der Waals surface area contributed by atoms with Gasteiger partial charge in [0, 0.05) is 46.4 Å². The number of benzene rings is 1. The molecule has 1 aromatic carbocycles. The number of nitrogens with one attached hydrogen (secondary N) is 1. The Hall–Kier alpha value is -1.63. The van der Waals surface area contributed by atoms with E-state index in [2.05, 4.69) is 52.2 Å². The molecule has 1 heterocycles. The number of methoxy groups -OCH3 is 1. The van der Waals surface area contributed by atoms with E-state index < -0.39 is 0 Å². The number of aliphatic imine (C=N–C) groups is 1. The Bertz CT molecular complexity index is 660. The van der Waals surface area contributed by atoms with E-state index in [1.165, 1.54) is 29.5 Å². The molecule has 0 amide bonds. The highest BCUT2D eigenvalue weighted by atomic mass is 16.5. The molecule has 1 aliphatic carbocycles. The minimum Gasteiger partial charge on any atom is -0.383 e. The molecule has 2 fully saturated rings. The van der Waals surface area contributed by atoms with E-state index in [0.29, 0.717) is 0 Å². The first-order valence-corrected chi connectivity index (χ1v) is 10.5. The lowest BCUT2D eigenvalue weighted by Crippen LogP contribution is -2.49. The molecular formula is C22H36N4O2. The first-order valence-electron chi connectivity index (χ1n) is 10.5. The maximum absolute atomic E-state index is 6.09. The van der Waals surface area contributed by atoms with Crippen molar-refractivity contribution in [2.45, 2.75) is 38.8 Å². The maximum Gasteiger partial charge on any atom is 0.193 e. The Kier molecular flexibility index (Phi) is 7.71. The summed E-state index contributed by atoms with van der Waals surface area (Å²) in [5.41, 5.74) is 3.87. The highest BCUT2D eigenvalue weighted by Gasteiger charge is 2.29. The van der Waals surface area contributed by atoms with Gasteiger partial charge in [0.15, 0.2) is 5.96 Å². The molecule has 0 radical (unpaired) electrons. The number of hydrogen-bond donors (Lipinski definition) is 1. The summed E-state index contributed by atoms with van der Waals surface area (Å²) in [5.74, 6) is 0.973. The number of nitrogens with zero attached hydrogens (tertiary/aromatic N) is 3. The number of ether oxygens (including phenoxy) is 2. The molecule has 0 spiro atoms. The molecule has 6 nitrogen and oxygen atoms in total. The van der Waals surface area contributed by atoms with Gasteiger partial charge in [0.25, 0.3) is 0 Å². The van der Waals surface area contributed by atoms with Gasteiger partial charge in [-0.15, -0.1) is 0 Å². The van der Waals surface area contributed by atoms with Crippen LogP contribution >= 0.6 is 0 Å². The Balaban J connectivity index is 1.53. The second-order valence-electron chi connectivity index (χ2n) is 7.90. The molecule has 0 aromatic heterocycles. The van der Waals surface area contributed by atoms with Crippen molar-refractivity contribution in [3.63, 3.8) is 0 Å². The van der Waals surface area contributed by atoms with Crippen LogP contribution in [0.25, 0.3) is 0 Å². The quantitative estimate of drug-likeness (QED) is 0.547. The Labute approximate surface area is 169 Å². The molecule has 156 valence electrons. The standard InChI is InChI=1S/C22H36N4O2/c1-17-5-8-20(18(2)15-17)21-16-26(12-14-28-21)22(23-3)24-9-10-25(11-13-27-4)19-6-7-19/h5,8,15,19,21H,6-7,9-14,16H2,1-4H3,(H,23,24). The van der Waals surface area contributed by atoms with Crippen molar-refractivity contribution in [1.82, 2.24) is 15.1 Å². The van der Waals surface area contributed by atoms with E-state index in [1.807, 2.05) is 7.05 Å². The summed E-state index contributed by atoms with van der Waals surface area (Å²) in [6.07, 6.45) is 2.73. The van der Waals surface area contributed by atoms with Crippen LogP contribution in [0, 0.1) is 13.8 Å². The third-order valence-electron chi connectivity index (χ3n) is 5.68. The summed E-state index contributed by atoms with van der Waals surface area (Å²) in [6, 6.07) is 7.36. The van der Waals surface area contributed by atoms with Gasteiger partial charge in [0.2, 0.25) is 0 Å². The summed E-state index contributed by atoms with van der Waals surface area (Å²) in [4.78, 5) is 9.38. The summed E-state index contributed by atoms with van der Waals surface area (Å²) >= 11 is 0. The molecule has 6 heteroatoms. The van der Waals surface area contributed by atoms with Crippen LogP contribution in [-0.4, -0.2) is 81.9 Å². The minimum atomic E-state index is 0.0950. The van der Waals surface area contributed by atoms with Gasteiger partial charge < -0.3 is 19.7 Å². The van der Waals surface area contributed by atoms with E-state index >= 15 is 0 Å². The van der Waals surface area contributed by atoms with Crippen molar-refractivity contribution < 1.29 is 9.47 Å². The topological polar surface area (TPSA) is 49.3 Å². The van der Waals surface area contributed by atoms with E-state index in [0.717, 1.165) is 57.9 Å². The van der Waals surface area contributed by atoms with Gasteiger partial charge in [-0.2, -0.15) is 0 Å². The van der Waals surface area contributed by atoms with Crippen LogP contribution in [0.5, 0.6) is 0 Å². The highest BCUT2D eigenvalue weighted by molar-refractivity contribution is 5.80. The SMILES string of the molecule is CN=C(NCCN(CCOC)C1CC1)N1CCOC(c2ccc(C)cc2C)C1. The molecule has 1 N–H and O–H groups in total. The van der Waals surface area contributed by atoms with Crippen LogP contribution in [0.15, 0.2) is 23.2 Å². The Morgan fingerprint density at radius 1 is 1.32 bits per heavy atom. The molecule has 0 bridgehead atoms. The van der Waals surface area contributed by atoms with Crippen LogP contribution in [0.4, 0.5) is 0 Å². The van der Waals surface area contributed by atoms with Gasteiger partial charge in [0.1, 0.15) is 6.10 Å². The number of hydrogen-bond acceptors (Lipinski definition) is 4. The lowest BCUT2D eigenvalue weighted by molar-refractivity contribution is -0.00835. The third kappa shape index (κ3) is 5.69. The average molecular weight is 389 g/mol. The smallest absolute Gasteiger partial charge is 0.193 e. The van der Waals surface area contributed by atoms with Gasteiger partial charge in [-0.1, -0.05) is 23.8 Å². The highest BCUT2D eigenvalue weighted by Crippen LogP contribution is 2.27. The molecule has 1 atom stereocenters. The predicted octanol–water partition coefficient (Wildman–Crippen LogP) is 2.36. The minimum absolute atomic E-state index is 0.0950. The molecule has 1 aliphatic heterocycles. The number of rotatable bonds is 8. The zero-order valence-electron chi connectivity index (χ0n) is 17.9. The number of aryl methyl sites for hydroxylation is 2. The normalized spacial score (nSPS) is 20.7. The maximum atomic E-state index is 6.09. The van der Waals surface area contributed by atoms with Crippen LogP contribution in [0.2, 0.25) is 0 Å². The predicted molar refractivity (Wildman–Crippen MR) is 114 cm³/mol. The zero-order valence-corrected chi connectivity index (χ0v) is 17.9. The molecule has 2 aliphatic rings. The van der Waals surface area contributed by atoms with Crippen molar-refractivity contribution in [1.29, 1.82) is 0 Å². The largest absolute Gasteiger partial charge is 0.383 e. The van der Waals surface area contributed by atoms with Crippen molar-refractivity contribution in [2.24, 2.45) is 4.99 Å². The van der Waals surface area contributed by atoms with Crippen molar-refractivity contribution in [3.05, 3.63) is 34.9 Å². The van der Waals surface area contributed by atoms with Gasteiger partial charge in [-0.3, -0.25) is 9.89 Å². The fourth-order valence-electron chi connectivity index (χ4n) is 3.99. The molecular weight excluding hydrogens is 352 g/mol. The van der Waals surface area contributed by atoms with Gasteiger partial charge in [-0.05, 0) is 37.8 Å². The molecule has 1 aromatic rings. The third-order valence-corrected chi connectivity index (χ3v) is 5.68. The molecule has 1 saturated carbocycles. The van der Waals surface area contributed by atoms with Crippen LogP contribution in [0.1, 0.15) is 35.6 Å². The van der Waals surface area contributed by atoms with E-state index in [-0.39, 0.29) is 6.10 Å². The van der Waals surface area contributed by atoms with Crippen molar-refractivity contribution >= 4 is 5.96 Å². The van der Waals surface area contributed by atoms with Crippen LogP contribution < -0.4 is 5.32 Å². The molecule has 1 unspecified atom stereocenters. The van der Waals surface area contributed by atoms with E-state index in [1.54, 1.807) is 7.11 Å². The zero-order chi connectivity index (χ0) is 19.9.